The van der Waals surface area contributed by atoms with Crippen molar-refractivity contribution in [1.29, 1.82) is 0 Å². The van der Waals surface area contributed by atoms with Gasteiger partial charge in [-0.3, -0.25) is 4.79 Å². The van der Waals surface area contributed by atoms with Crippen LogP contribution in [0.2, 0.25) is 5.02 Å². The van der Waals surface area contributed by atoms with Crippen molar-refractivity contribution < 1.29 is 14.3 Å². The van der Waals surface area contributed by atoms with Crippen LogP contribution in [0.25, 0.3) is 0 Å². The molecule has 1 aromatic carbocycles. The van der Waals surface area contributed by atoms with Gasteiger partial charge in [0.1, 0.15) is 5.78 Å². The molecule has 0 heterocycles. The van der Waals surface area contributed by atoms with Crippen LogP contribution in [-0.2, 0) is 11.2 Å². The molecule has 0 saturated heterocycles. The van der Waals surface area contributed by atoms with Gasteiger partial charge in [-0.15, -0.1) is 0 Å². The molecule has 0 N–H and O–H groups in total. The lowest BCUT2D eigenvalue weighted by Crippen LogP contribution is -2.07. The maximum absolute atomic E-state index is 11.6. The average molecular weight is 313 g/mol. The normalized spacial score (nSPS) is 10.8. The molecule has 0 aliphatic rings. The molecule has 21 heavy (non-hydrogen) atoms. The van der Waals surface area contributed by atoms with Gasteiger partial charge in [0.05, 0.1) is 13.2 Å². The molecule has 3 nitrogen and oxygen atoms in total. The first-order chi connectivity index (χ1) is 9.99. The fraction of sp³-hybridized carbons (Fsp3) is 0.588. The van der Waals surface area contributed by atoms with Crippen LogP contribution in [0.1, 0.15) is 46.1 Å². The molecule has 0 amide bonds. The number of ether oxygens (including phenoxy) is 2. The number of carbonyl (C=O) groups is 1. The van der Waals surface area contributed by atoms with Crippen LogP contribution < -0.4 is 9.47 Å². The Labute approximate surface area is 132 Å². The van der Waals surface area contributed by atoms with Crippen LogP contribution in [0.15, 0.2) is 12.1 Å². The summed E-state index contributed by atoms with van der Waals surface area (Å²) in [6.07, 6.45) is 2.16. The van der Waals surface area contributed by atoms with E-state index in [1.54, 1.807) is 6.07 Å². The van der Waals surface area contributed by atoms with E-state index in [4.69, 9.17) is 21.1 Å². The minimum atomic E-state index is 0.0970. The summed E-state index contributed by atoms with van der Waals surface area (Å²) in [7, 11) is 0. The van der Waals surface area contributed by atoms with E-state index in [1.807, 2.05) is 33.8 Å². The summed E-state index contributed by atoms with van der Waals surface area (Å²) in [5.41, 5.74) is 1.00. The number of benzene rings is 1. The minimum Gasteiger partial charge on any atom is -0.490 e. The van der Waals surface area contributed by atoms with E-state index in [2.05, 4.69) is 0 Å². The van der Waals surface area contributed by atoms with Gasteiger partial charge in [0.2, 0.25) is 0 Å². The van der Waals surface area contributed by atoms with Crippen LogP contribution in [0.3, 0.4) is 0 Å². The molecule has 0 spiro atoms. The van der Waals surface area contributed by atoms with E-state index >= 15 is 0 Å². The molecule has 0 atom stereocenters. The van der Waals surface area contributed by atoms with Crippen LogP contribution in [0, 0.1) is 5.92 Å². The van der Waals surface area contributed by atoms with Crippen molar-refractivity contribution in [2.24, 2.45) is 5.92 Å². The van der Waals surface area contributed by atoms with Crippen molar-refractivity contribution in [1.82, 2.24) is 0 Å². The van der Waals surface area contributed by atoms with Crippen molar-refractivity contribution in [3.8, 4) is 11.5 Å². The highest BCUT2D eigenvalue weighted by molar-refractivity contribution is 6.31. The van der Waals surface area contributed by atoms with Gasteiger partial charge in [-0.05, 0) is 38.3 Å². The second-order valence-electron chi connectivity index (χ2n) is 5.23. The molecule has 0 aliphatic carbocycles. The van der Waals surface area contributed by atoms with Gasteiger partial charge in [-0.1, -0.05) is 25.4 Å². The average Bonchev–Trinajstić information content (AvgIpc) is 2.43. The third-order valence-electron chi connectivity index (χ3n) is 3.23. The van der Waals surface area contributed by atoms with Gasteiger partial charge < -0.3 is 9.47 Å². The lowest BCUT2D eigenvalue weighted by Gasteiger charge is -2.14. The van der Waals surface area contributed by atoms with Crippen molar-refractivity contribution in [3.05, 3.63) is 22.7 Å². The third kappa shape index (κ3) is 5.58. The standard InChI is InChI=1S/C17H25ClO3/c1-5-20-16-10-13(8-7-9-15(19)12(3)4)14(18)11-17(16)21-6-2/h10-12H,5-9H2,1-4H3. The molecular weight excluding hydrogens is 288 g/mol. The van der Waals surface area contributed by atoms with E-state index in [1.165, 1.54) is 0 Å². The number of hydrogen-bond acceptors (Lipinski definition) is 3. The second-order valence-corrected chi connectivity index (χ2v) is 5.64. The number of Topliss-reactive ketones (excluding diaryl/α,β-unsaturated/α-hetero) is 1. The Balaban J connectivity index is 2.77. The highest BCUT2D eigenvalue weighted by Gasteiger charge is 2.12. The summed E-state index contributed by atoms with van der Waals surface area (Å²) < 4.78 is 11.1. The molecule has 1 aromatic rings. The van der Waals surface area contributed by atoms with Gasteiger partial charge in [0.15, 0.2) is 11.5 Å². The van der Waals surface area contributed by atoms with Crippen molar-refractivity contribution >= 4 is 17.4 Å². The lowest BCUT2D eigenvalue weighted by atomic mass is 10.0. The number of aryl methyl sites for hydroxylation is 1. The summed E-state index contributed by atoms with van der Waals surface area (Å²) in [4.78, 5) is 11.6. The zero-order valence-electron chi connectivity index (χ0n) is 13.4. The Morgan fingerprint density at radius 1 is 1.14 bits per heavy atom. The summed E-state index contributed by atoms with van der Waals surface area (Å²) in [6, 6.07) is 3.73. The molecule has 118 valence electrons. The monoisotopic (exact) mass is 312 g/mol. The predicted molar refractivity (Wildman–Crippen MR) is 86.6 cm³/mol. The highest BCUT2D eigenvalue weighted by atomic mass is 35.5. The first-order valence-electron chi connectivity index (χ1n) is 7.60. The third-order valence-corrected chi connectivity index (χ3v) is 3.58. The van der Waals surface area contributed by atoms with Crippen LogP contribution >= 0.6 is 11.6 Å². The van der Waals surface area contributed by atoms with Crippen LogP contribution in [0.5, 0.6) is 11.5 Å². The highest BCUT2D eigenvalue weighted by Crippen LogP contribution is 2.34. The topological polar surface area (TPSA) is 35.5 Å². The largest absolute Gasteiger partial charge is 0.490 e. The Hall–Kier alpha value is -1.22. The molecule has 1 rings (SSSR count). The minimum absolute atomic E-state index is 0.0970. The Morgan fingerprint density at radius 2 is 1.71 bits per heavy atom. The molecule has 0 saturated carbocycles. The summed E-state index contributed by atoms with van der Waals surface area (Å²) >= 11 is 6.29. The molecular formula is C17H25ClO3. The lowest BCUT2D eigenvalue weighted by molar-refractivity contribution is -0.121. The molecule has 0 unspecified atom stereocenters. The van der Waals surface area contributed by atoms with Crippen LogP contribution in [0.4, 0.5) is 0 Å². The first kappa shape index (κ1) is 17.8. The Kier molecular flexibility index (Phi) is 7.58. The maximum atomic E-state index is 11.6. The number of ketones is 1. The van der Waals surface area contributed by atoms with Crippen molar-refractivity contribution in [2.75, 3.05) is 13.2 Å². The molecule has 0 aromatic heterocycles. The maximum Gasteiger partial charge on any atom is 0.162 e. The SMILES string of the molecule is CCOc1cc(Cl)c(CCCC(=O)C(C)C)cc1OCC. The first-order valence-corrected chi connectivity index (χ1v) is 7.98. The quantitative estimate of drug-likeness (QED) is 0.664. The number of halogens is 1. The van der Waals surface area contributed by atoms with Crippen molar-refractivity contribution in [3.63, 3.8) is 0 Å². The van der Waals surface area contributed by atoms with Gasteiger partial charge in [-0.2, -0.15) is 0 Å². The summed E-state index contributed by atoms with van der Waals surface area (Å²) in [5, 5.41) is 0.666. The smallest absolute Gasteiger partial charge is 0.162 e. The van der Waals surface area contributed by atoms with Crippen LogP contribution in [-0.4, -0.2) is 19.0 Å². The number of hydrogen-bond donors (Lipinski definition) is 0. The molecule has 0 aliphatic heterocycles. The van der Waals surface area contributed by atoms with E-state index in [-0.39, 0.29) is 5.92 Å². The van der Waals surface area contributed by atoms with Gasteiger partial charge in [0.25, 0.3) is 0 Å². The number of carbonyl (C=O) groups excluding carboxylic acids is 1. The number of rotatable bonds is 9. The van der Waals surface area contributed by atoms with Gasteiger partial charge in [0, 0.05) is 23.4 Å². The van der Waals surface area contributed by atoms with E-state index in [0.717, 1.165) is 18.4 Å². The Bertz CT molecular complexity index is 469. The molecule has 0 radical (unpaired) electrons. The summed E-state index contributed by atoms with van der Waals surface area (Å²) in [6.45, 7) is 8.87. The van der Waals surface area contributed by atoms with E-state index in [0.29, 0.717) is 41.9 Å². The van der Waals surface area contributed by atoms with E-state index in [9.17, 15) is 4.79 Å². The zero-order valence-corrected chi connectivity index (χ0v) is 14.1. The molecule has 0 bridgehead atoms. The second kappa shape index (κ2) is 8.93. The van der Waals surface area contributed by atoms with Crippen molar-refractivity contribution in [2.45, 2.75) is 47.0 Å². The zero-order chi connectivity index (χ0) is 15.8. The fourth-order valence-electron chi connectivity index (χ4n) is 2.05. The molecule has 0 fully saturated rings. The summed E-state index contributed by atoms with van der Waals surface area (Å²) in [5.74, 6) is 1.78. The van der Waals surface area contributed by atoms with E-state index < -0.39 is 0 Å². The van der Waals surface area contributed by atoms with Gasteiger partial charge in [-0.25, -0.2) is 0 Å². The molecule has 4 heteroatoms. The Morgan fingerprint density at radius 3 is 2.24 bits per heavy atom. The van der Waals surface area contributed by atoms with Gasteiger partial charge >= 0.3 is 0 Å². The predicted octanol–water partition coefficient (Wildman–Crippen LogP) is 4.69. The fourth-order valence-corrected chi connectivity index (χ4v) is 2.30.